The van der Waals surface area contributed by atoms with Gasteiger partial charge in [-0.15, -0.1) is 0 Å². The second-order valence-electron chi connectivity index (χ2n) is 17.5. The van der Waals surface area contributed by atoms with Crippen LogP contribution in [0.15, 0.2) is 11.6 Å². The van der Waals surface area contributed by atoms with Gasteiger partial charge in [0, 0.05) is 5.92 Å². The van der Waals surface area contributed by atoms with Gasteiger partial charge in [-0.1, -0.05) is 39.3 Å². The number of aliphatic carboxylic acids is 1. The van der Waals surface area contributed by atoms with Crippen molar-refractivity contribution in [1.82, 2.24) is 0 Å². The molecular formula is C36H56O12. The quantitative estimate of drug-likeness (QED) is 0.157. The Balaban J connectivity index is 1.41. The van der Waals surface area contributed by atoms with E-state index < -0.39 is 100 Å². The molecule has 17 atom stereocenters. The number of aliphatic hydroxyl groups is 7. The average molecular weight is 681 g/mol. The number of ether oxygens (including phenoxy) is 2. The summed E-state index contributed by atoms with van der Waals surface area (Å²) in [5.74, 6) is -3.01. The van der Waals surface area contributed by atoms with E-state index >= 15 is 0 Å². The first-order valence-electron chi connectivity index (χ1n) is 17.7. The fourth-order valence-corrected chi connectivity index (χ4v) is 12.3. The van der Waals surface area contributed by atoms with E-state index in [0.29, 0.717) is 44.9 Å². The van der Waals surface area contributed by atoms with Crippen LogP contribution in [-0.2, 0) is 19.1 Å². The number of hydrogen-bond donors (Lipinski definition) is 8. The van der Waals surface area contributed by atoms with Crippen LogP contribution in [0.1, 0.15) is 92.9 Å². The molecule has 0 aromatic heterocycles. The van der Waals surface area contributed by atoms with Crippen LogP contribution < -0.4 is 0 Å². The van der Waals surface area contributed by atoms with Crippen molar-refractivity contribution in [2.45, 2.75) is 141 Å². The van der Waals surface area contributed by atoms with Gasteiger partial charge in [-0.3, -0.25) is 9.59 Å². The molecule has 0 bridgehead atoms. The summed E-state index contributed by atoms with van der Waals surface area (Å²) in [4.78, 5) is 27.2. The number of aliphatic hydroxyl groups excluding tert-OH is 6. The first-order chi connectivity index (χ1) is 22.2. The molecule has 1 aliphatic heterocycles. The van der Waals surface area contributed by atoms with Crippen molar-refractivity contribution < 1.29 is 59.9 Å². The molecule has 0 amide bonds. The minimum Gasteiger partial charge on any atom is -0.481 e. The van der Waals surface area contributed by atoms with Crippen LogP contribution in [0.4, 0.5) is 0 Å². The largest absolute Gasteiger partial charge is 0.481 e. The lowest BCUT2D eigenvalue weighted by atomic mass is 9.33. The van der Waals surface area contributed by atoms with Crippen LogP contribution in [0.25, 0.3) is 0 Å². The Bertz CT molecular complexity index is 1350. The number of rotatable bonds is 4. The Morgan fingerprint density at radius 1 is 0.917 bits per heavy atom. The van der Waals surface area contributed by atoms with Crippen molar-refractivity contribution in [3.63, 3.8) is 0 Å². The number of esters is 1. The molecule has 6 aliphatic rings. The molecule has 0 unspecified atom stereocenters. The number of allylic oxidation sites excluding steroid dienone is 1. The fraction of sp³-hybridized carbons (Fsp3) is 0.889. The summed E-state index contributed by atoms with van der Waals surface area (Å²) < 4.78 is 11.4. The molecule has 12 heteroatoms. The van der Waals surface area contributed by atoms with Gasteiger partial charge in [0.1, 0.15) is 24.4 Å². The van der Waals surface area contributed by atoms with Gasteiger partial charge in [-0.25, -0.2) is 0 Å². The first-order valence-corrected chi connectivity index (χ1v) is 17.7. The Morgan fingerprint density at radius 3 is 2.21 bits per heavy atom. The lowest BCUT2D eigenvalue weighted by molar-refractivity contribution is -0.299. The Hall–Kier alpha value is -1.64. The highest BCUT2D eigenvalue weighted by atomic mass is 16.7. The average Bonchev–Trinajstić information content (AvgIpc) is 3.02. The van der Waals surface area contributed by atoms with Gasteiger partial charge in [0.25, 0.3) is 0 Å². The normalized spacial score (nSPS) is 56.4. The summed E-state index contributed by atoms with van der Waals surface area (Å²) in [6.07, 6.45) is -4.43. The smallest absolute Gasteiger partial charge is 0.315 e. The summed E-state index contributed by atoms with van der Waals surface area (Å²) in [6.45, 7) is 11.2. The van der Waals surface area contributed by atoms with E-state index in [1.807, 2.05) is 6.92 Å². The topological polar surface area (TPSA) is 214 Å². The van der Waals surface area contributed by atoms with E-state index in [1.165, 1.54) is 0 Å². The van der Waals surface area contributed by atoms with E-state index in [1.54, 1.807) is 13.8 Å². The monoisotopic (exact) mass is 680 g/mol. The summed E-state index contributed by atoms with van der Waals surface area (Å²) in [5.41, 5.74) is -4.57. The van der Waals surface area contributed by atoms with Crippen molar-refractivity contribution in [2.75, 3.05) is 6.61 Å². The molecule has 5 fully saturated rings. The molecule has 8 N–H and O–H groups in total. The Labute approximate surface area is 282 Å². The lowest BCUT2D eigenvalue weighted by Gasteiger charge is -2.71. The molecule has 272 valence electrons. The predicted octanol–water partition coefficient (Wildman–Crippen LogP) is 1.50. The number of carbonyl (C=O) groups is 2. The summed E-state index contributed by atoms with van der Waals surface area (Å²) in [7, 11) is 0. The minimum atomic E-state index is -1.75. The van der Waals surface area contributed by atoms with Crippen molar-refractivity contribution in [3.8, 4) is 0 Å². The van der Waals surface area contributed by atoms with Crippen molar-refractivity contribution in [1.29, 1.82) is 0 Å². The number of fused-ring (bicyclic) bond motifs is 7. The highest BCUT2D eigenvalue weighted by molar-refractivity contribution is 5.79. The SMILES string of the molecule is C[C@@H]1CC[C@@]2(C(=O)O[C@H]3O[C@@H](CO)[C@H](O)[C@@H](O)[C@@H]3O)CC[C@@]3(C)C(=CC[C@@H]4[C@]5(C)C[C@H](O)[C@H](O)[C@@](C)(C(=O)O)[C@@H]5CC[C@@]43C)[C@@H]2[C@]1(C)O. The maximum Gasteiger partial charge on any atom is 0.315 e. The van der Waals surface area contributed by atoms with Gasteiger partial charge < -0.3 is 50.3 Å². The number of carbonyl (C=O) groups excluding carboxylic acids is 1. The number of hydrogen-bond acceptors (Lipinski definition) is 11. The molecular weight excluding hydrogens is 624 g/mol. The minimum absolute atomic E-state index is 0.0437. The highest BCUT2D eigenvalue weighted by Crippen LogP contribution is 2.76. The van der Waals surface area contributed by atoms with Crippen molar-refractivity contribution in [3.05, 3.63) is 11.6 Å². The molecule has 5 aliphatic carbocycles. The van der Waals surface area contributed by atoms with Crippen molar-refractivity contribution in [2.24, 2.45) is 50.7 Å². The zero-order valence-electron chi connectivity index (χ0n) is 29.0. The molecule has 0 spiro atoms. The zero-order valence-corrected chi connectivity index (χ0v) is 29.0. The molecule has 0 aromatic carbocycles. The van der Waals surface area contributed by atoms with Gasteiger partial charge in [0.05, 0.1) is 35.2 Å². The maximum absolute atomic E-state index is 14.5. The van der Waals surface area contributed by atoms with Crippen LogP contribution in [0.2, 0.25) is 0 Å². The molecule has 4 saturated carbocycles. The van der Waals surface area contributed by atoms with E-state index in [2.05, 4.69) is 26.8 Å². The molecule has 0 radical (unpaired) electrons. The van der Waals surface area contributed by atoms with Gasteiger partial charge in [-0.05, 0) is 99.2 Å². The van der Waals surface area contributed by atoms with Crippen LogP contribution in [0.3, 0.4) is 0 Å². The Kier molecular flexibility index (Phi) is 8.61. The third kappa shape index (κ3) is 4.49. The third-order valence-electron chi connectivity index (χ3n) is 15.6. The number of carboxylic acids is 1. The first kappa shape index (κ1) is 36.2. The van der Waals surface area contributed by atoms with E-state index in [0.717, 1.165) is 5.57 Å². The second kappa shape index (κ2) is 11.4. The van der Waals surface area contributed by atoms with E-state index in [4.69, 9.17) is 9.47 Å². The third-order valence-corrected chi connectivity index (χ3v) is 15.6. The van der Waals surface area contributed by atoms with Gasteiger partial charge >= 0.3 is 11.9 Å². The zero-order chi connectivity index (χ0) is 35.6. The predicted molar refractivity (Wildman–Crippen MR) is 170 cm³/mol. The van der Waals surface area contributed by atoms with Crippen molar-refractivity contribution >= 4 is 11.9 Å². The van der Waals surface area contributed by atoms with Crippen LogP contribution >= 0.6 is 0 Å². The maximum atomic E-state index is 14.5. The second-order valence-corrected chi connectivity index (χ2v) is 17.5. The molecule has 1 saturated heterocycles. The van der Waals surface area contributed by atoms with Gasteiger partial charge in [0.15, 0.2) is 0 Å². The van der Waals surface area contributed by atoms with E-state index in [9.17, 15) is 50.4 Å². The lowest BCUT2D eigenvalue weighted by Crippen LogP contribution is -2.70. The van der Waals surface area contributed by atoms with Gasteiger partial charge in [0.2, 0.25) is 6.29 Å². The fourth-order valence-electron chi connectivity index (χ4n) is 12.3. The highest BCUT2D eigenvalue weighted by Gasteiger charge is 2.73. The Morgan fingerprint density at radius 2 is 1.58 bits per heavy atom. The molecule has 1 heterocycles. The standard InChI is InChI=1S/C36H56O12/c1-17-9-12-36(30(45)48-28-25(41)24(40)23(39)20(16-37)47-28)14-13-32(3)18(26(36)35(17,6)46)7-8-21-31(2)15-19(38)27(42)34(5,29(43)44)22(31)10-11-33(21,32)4/h7,17,19-28,37-42,46H,8-16H2,1-6H3,(H,43,44)/t17-,19+,20+,21-,22-,23+,24-,25+,26-,27+,28-,31+,32+,33+,34+,35-,36-/m1/s1. The number of carboxylic acid groups (broad SMARTS) is 1. The summed E-state index contributed by atoms with van der Waals surface area (Å²) in [6, 6.07) is 0. The summed E-state index contributed by atoms with van der Waals surface area (Å²) in [5, 5.41) is 85.9. The van der Waals surface area contributed by atoms with Crippen LogP contribution in [0, 0.1) is 50.7 Å². The van der Waals surface area contributed by atoms with Crippen LogP contribution in [-0.4, -0.2) is 108 Å². The van der Waals surface area contributed by atoms with Gasteiger partial charge in [-0.2, -0.15) is 0 Å². The molecule has 48 heavy (non-hydrogen) atoms. The summed E-state index contributed by atoms with van der Waals surface area (Å²) >= 11 is 0. The molecule has 0 aromatic rings. The van der Waals surface area contributed by atoms with Crippen LogP contribution in [0.5, 0.6) is 0 Å². The molecule has 6 rings (SSSR count). The van der Waals surface area contributed by atoms with E-state index in [-0.39, 0.29) is 24.2 Å². The molecule has 12 nitrogen and oxygen atoms in total.